The summed E-state index contributed by atoms with van der Waals surface area (Å²) >= 11 is 1.05. The maximum Gasteiger partial charge on any atom is 0.284 e. The fraction of sp³-hybridized carbons (Fsp3) is 0.200. The molecule has 3 aromatic rings. The van der Waals surface area contributed by atoms with Gasteiger partial charge >= 0.3 is 0 Å². The van der Waals surface area contributed by atoms with Crippen LogP contribution in [0.1, 0.15) is 15.9 Å². The first kappa shape index (κ1) is 22.9. The molecule has 0 aliphatic carbocycles. The summed E-state index contributed by atoms with van der Waals surface area (Å²) in [4.78, 5) is 35.6. The molecule has 3 N–H and O–H groups in total. The van der Waals surface area contributed by atoms with Gasteiger partial charge in [-0.05, 0) is 48.0 Å². The molecule has 166 valence electrons. The lowest BCUT2D eigenvalue weighted by atomic mass is 9.98. The first-order chi connectivity index (χ1) is 15.2. The molecule has 1 unspecified atom stereocenters. The van der Waals surface area contributed by atoms with Gasteiger partial charge in [-0.1, -0.05) is 12.1 Å². The van der Waals surface area contributed by atoms with Crippen LogP contribution in [-0.2, 0) is 18.3 Å². The third-order valence-corrected chi connectivity index (χ3v) is 5.71. The summed E-state index contributed by atoms with van der Waals surface area (Å²) in [5, 5.41) is 22.2. The van der Waals surface area contributed by atoms with Crippen LogP contribution in [0.15, 0.2) is 58.8 Å². The van der Waals surface area contributed by atoms with E-state index in [-0.39, 0.29) is 24.2 Å². The smallest absolute Gasteiger partial charge is 0.284 e. The number of nitrogens with one attached hydrogen (secondary N) is 1. The van der Waals surface area contributed by atoms with Crippen LogP contribution < -0.4 is 11.1 Å². The third-order valence-electron chi connectivity index (χ3n) is 4.60. The second-order valence-corrected chi connectivity index (χ2v) is 7.92. The second kappa shape index (κ2) is 10.0. The van der Waals surface area contributed by atoms with Crippen LogP contribution in [0.2, 0.25) is 0 Å². The summed E-state index contributed by atoms with van der Waals surface area (Å²) in [5.74, 6) is -2.35. The number of nitrogens with zero attached hydrogens (tertiary/aromatic N) is 4. The van der Waals surface area contributed by atoms with Crippen molar-refractivity contribution in [2.45, 2.75) is 16.5 Å². The SMILES string of the molecule is Cn1cnnc1Sc1ccc(C(=O)NCC(Cc2ccc(F)cc2)C(N)=O)cc1[N+](=O)[O-]. The van der Waals surface area contributed by atoms with Crippen molar-refractivity contribution in [1.82, 2.24) is 20.1 Å². The van der Waals surface area contributed by atoms with E-state index < -0.39 is 28.5 Å². The molecular formula is C20H19FN6O4S. The topological polar surface area (TPSA) is 146 Å². The number of amides is 2. The number of nitrogens with two attached hydrogens (primary N) is 1. The summed E-state index contributed by atoms with van der Waals surface area (Å²) in [5.41, 5.74) is 5.91. The van der Waals surface area contributed by atoms with Crippen LogP contribution >= 0.6 is 11.8 Å². The maximum atomic E-state index is 13.1. The normalized spacial score (nSPS) is 11.7. The van der Waals surface area contributed by atoms with Crippen LogP contribution in [0.5, 0.6) is 0 Å². The van der Waals surface area contributed by atoms with Gasteiger partial charge in [0, 0.05) is 25.2 Å². The number of aromatic nitrogens is 3. The number of carbonyl (C=O) groups excluding carboxylic acids is 2. The van der Waals surface area contributed by atoms with Crippen molar-refractivity contribution < 1.29 is 18.9 Å². The van der Waals surface area contributed by atoms with Crippen molar-refractivity contribution >= 4 is 29.3 Å². The van der Waals surface area contributed by atoms with Crippen molar-refractivity contribution in [1.29, 1.82) is 0 Å². The average Bonchev–Trinajstić information content (AvgIpc) is 3.16. The summed E-state index contributed by atoms with van der Waals surface area (Å²) in [7, 11) is 1.71. The number of primary amides is 1. The number of nitro benzene ring substituents is 1. The molecule has 0 saturated carbocycles. The summed E-state index contributed by atoms with van der Waals surface area (Å²) in [6, 6.07) is 9.66. The Bertz CT molecular complexity index is 1150. The number of aryl methyl sites for hydroxylation is 1. The highest BCUT2D eigenvalue weighted by molar-refractivity contribution is 7.99. The molecule has 10 nitrogen and oxygen atoms in total. The molecule has 1 aromatic heterocycles. The third kappa shape index (κ3) is 5.66. The van der Waals surface area contributed by atoms with Crippen LogP contribution in [0.4, 0.5) is 10.1 Å². The summed E-state index contributed by atoms with van der Waals surface area (Å²) < 4.78 is 14.7. The first-order valence-electron chi connectivity index (χ1n) is 9.37. The molecule has 0 aliphatic heterocycles. The fourth-order valence-corrected chi connectivity index (χ4v) is 3.70. The fourth-order valence-electron chi connectivity index (χ4n) is 2.85. The molecule has 1 heterocycles. The molecule has 0 spiro atoms. The van der Waals surface area contributed by atoms with E-state index in [9.17, 15) is 24.1 Å². The molecule has 12 heteroatoms. The maximum absolute atomic E-state index is 13.1. The Balaban J connectivity index is 1.71. The molecule has 32 heavy (non-hydrogen) atoms. The molecule has 1 atom stereocenters. The van der Waals surface area contributed by atoms with E-state index in [4.69, 9.17) is 5.73 Å². The van der Waals surface area contributed by atoms with Crippen LogP contribution in [0.25, 0.3) is 0 Å². The molecular weight excluding hydrogens is 439 g/mol. The highest BCUT2D eigenvalue weighted by atomic mass is 32.2. The van der Waals surface area contributed by atoms with Crippen molar-refractivity contribution in [2.24, 2.45) is 18.7 Å². The molecule has 3 rings (SSSR count). The average molecular weight is 458 g/mol. The molecule has 0 fully saturated rings. The highest BCUT2D eigenvalue weighted by Gasteiger charge is 2.22. The Kier molecular flexibility index (Phi) is 7.15. The number of halogens is 1. The predicted octanol–water partition coefficient (Wildman–Crippen LogP) is 2.09. The van der Waals surface area contributed by atoms with Crippen molar-refractivity contribution in [3.63, 3.8) is 0 Å². The van der Waals surface area contributed by atoms with E-state index in [1.807, 2.05) is 0 Å². The Morgan fingerprint density at radius 2 is 2.00 bits per heavy atom. The quantitative estimate of drug-likeness (QED) is 0.369. The molecule has 0 aliphatic rings. The van der Waals surface area contributed by atoms with E-state index >= 15 is 0 Å². The van der Waals surface area contributed by atoms with Crippen molar-refractivity contribution in [3.05, 3.63) is 75.9 Å². The van der Waals surface area contributed by atoms with Gasteiger partial charge < -0.3 is 15.6 Å². The number of nitro groups is 1. The number of rotatable bonds is 9. The van der Waals surface area contributed by atoms with Gasteiger partial charge in [-0.2, -0.15) is 0 Å². The molecule has 2 aromatic carbocycles. The van der Waals surface area contributed by atoms with E-state index in [1.54, 1.807) is 11.6 Å². The predicted molar refractivity (Wildman–Crippen MR) is 113 cm³/mol. The van der Waals surface area contributed by atoms with E-state index in [0.29, 0.717) is 15.6 Å². The second-order valence-electron chi connectivity index (χ2n) is 6.91. The van der Waals surface area contributed by atoms with Gasteiger partial charge in [0.1, 0.15) is 12.1 Å². The van der Waals surface area contributed by atoms with Crippen LogP contribution in [0, 0.1) is 21.8 Å². The monoisotopic (exact) mass is 458 g/mol. The van der Waals surface area contributed by atoms with Crippen molar-refractivity contribution in [2.75, 3.05) is 6.54 Å². The molecule has 0 radical (unpaired) electrons. The van der Waals surface area contributed by atoms with E-state index in [2.05, 4.69) is 15.5 Å². The minimum atomic E-state index is -0.731. The van der Waals surface area contributed by atoms with Gasteiger partial charge in [-0.25, -0.2) is 4.39 Å². The lowest BCUT2D eigenvalue weighted by Crippen LogP contribution is -2.37. The number of carbonyl (C=O) groups is 2. The van der Waals surface area contributed by atoms with Crippen LogP contribution in [-0.4, -0.2) is 38.0 Å². The molecule has 2 amide bonds. The number of benzene rings is 2. The van der Waals surface area contributed by atoms with E-state index in [0.717, 1.165) is 17.8 Å². The van der Waals surface area contributed by atoms with Gasteiger partial charge in [0.25, 0.3) is 11.6 Å². The van der Waals surface area contributed by atoms with Gasteiger partial charge in [0.15, 0.2) is 5.16 Å². The Morgan fingerprint density at radius 1 is 1.28 bits per heavy atom. The van der Waals surface area contributed by atoms with Crippen molar-refractivity contribution in [3.8, 4) is 0 Å². The number of hydrogen-bond donors (Lipinski definition) is 2. The molecule has 0 saturated heterocycles. The summed E-state index contributed by atoms with van der Waals surface area (Å²) in [6.07, 6.45) is 1.68. The highest BCUT2D eigenvalue weighted by Crippen LogP contribution is 2.34. The Morgan fingerprint density at radius 3 is 2.59 bits per heavy atom. The standard InChI is InChI=1S/C20H19FN6O4S/c1-26-11-24-25-20(26)32-17-7-4-13(9-16(17)27(30)31)19(29)23-10-14(18(22)28)8-12-2-5-15(21)6-3-12/h2-7,9,11,14H,8,10H2,1H3,(H2,22,28)(H,23,29). The first-order valence-corrected chi connectivity index (χ1v) is 10.2. The zero-order valence-corrected chi connectivity index (χ0v) is 17.7. The van der Waals surface area contributed by atoms with Gasteiger partial charge in [0.2, 0.25) is 5.91 Å². The minimum absolute atomic E-state index is 0.0593. The van der Waals surface area contributed by atoms with E-state index in [1.165, 1.54) is 42.7 Å². The van der Waals surface area contributed by atoms with Gasteiger partial charge in [-0.3, -0.25) is 19.7 Å². The lowest BCUT2D eigenvalue weighted by Gasteiger charge is -2.15. The minimum Gasteiger partial charge on any atom is -0.369 e. The zero-order chi connectivity index (χ0) is 23.3. The summed E-state index contributed by atoms with van der Waals surface area (Å²) in [6.45, 7) is -0.0746. The Hall–Kier alpha value is -3.80. The zero-order valence-electron chi connectivity index (χ0n) is 16.9. The largest absolute Gasteiger partial charge is 0.369 e. The van der Waals surface area contributed by atoms with Gasteiger partial charge in [-0.15, -0.1) is 10.2 Å². The lowest BCUT2D eigenvalue weighted by molar-refractivity contribution is -0.387. The van der Waals surface area contributed by atoms with Gasteiger partial charge in [0.05, 0.1) is 15.7 Å². The van der Waals surface area contributed by atoms with Crippen LogP contribution in [0.3, 0.4) is 0 Å². The molecule has 0 bridgehead atoms. The number of hydrogen-bond acceptors (Lipinski definition) is 7. The Labute approximate surface area is 186 Å².